The molecule has 150 valence electrons. The van der Waals surface area contributed by atoms with Gasteiger partial charge in [-0.2, -0.15) is 0 Å². The van der Waals surface area contributed by atoms with Crippen LogP contribution in [-0.4, -0.2) is 17.3 Å². The lowest BCUT2D eigenvalue weighted by molar-refractivity contribution is -0.732. The Morgan fingerprint density at radius 1 is 1.07 bits per heavy atom. The summed E-state index contributed by atoms with van der Waals surface area (Å²) in [6, 6.07) is 21.9. The average Bonchev–Trinajstić information content (AvgIpc) is 3.16. The van der Waals surface area contributed by atoms with Gasteiger partial charge in [0.2, 0.25) is 0 Å². The lowest BCUT2D eigenvalue weighted by Crippen LogP contribution is -2.98. The molecule has 0 unspecified atom stereocenters. The van der Waals surface area contributed by atoms with Crippen molar-refractivity contribution in [2.75, 3.05) is 12.3 Å². The van der Waals surface area contributed by atoms with E-state index in [-0.39, 0.29) is 17.3 Å². The zero-order valence-electron chi connectivity index (χ0n) is 16.3. The van der Waals surface area contributed by atoms with Crippen LogP contribution in [0, 0.1) is 5.82 Å². The molecule has 3 heterocycles. The number of aromatic amines is 1. The van der Waals surface area contributed by atoms with Gasteiger partial charge in [-0.15, -0.1) is 11.8 Å². The van der Waals surface area contributed by atoms with E-state index in [9.17, 15) is 4.39 Å². The predicted molar refractivity (Wildman–Crippen MR) is 121 cm³/mol. The number of halogens is 2. The van der Waals surface area contributed by atoms with E-state index < -0.39 is 0 Å². The van der Waals surface area contributed by atoms with E-state index in [1.807, 2.05) is 30.0 Å². The molecule has 4 aromatic rings. The van der Waals surface area contributed by atoms with Crippen molar-refractivity contribution >= 4 is 34.3 Å². The molecule has 3 aromatic carbocycles. The van der Waals surface area contributed by atoms with Crippen LogP contribution in [0.2, 0.25) is 5.02 Å². The van der Waals surface area contributed by atoms with Crippen molar-refractivity contribution in [2.24, 2.45) is 0 Å². The number of fused-ring (bicyclic) bond motifs is 6. The number of hydrogen-bond acceptors (Lipinski definition) is 1. The van der Waals surface area contributed by atoms with Crippen molar-refractivity contribution < 1.29 is 9.71 Å². The first-order chi connectivity index (χ1) is 14.7. The Labute approximate surface area is 183 Å². The summed E-state index contributed by atoms with van der Waals surface area (Å²) in [4.78, 5) is 4.93. The van der Waals surface area contributed by atoms with Gasteiger partial charge in [0, 0.05) is 44.1 Å². The van der Waals surface area contributed by atoms with Gasteiger partial charge in [-0.25, -0.2) is 4.39 Å². The zero-order valence-corrected chi connectivity index (χ0v) is 17.9. The summed E-state index contributed by atoms with van der Waals surface area (Å²) in [5, 5.41) is 4.45. The van der Waals surface area contributed by atoms with Crippen LogP contribution in [0.4, 0.5) is 4.39 Å². The molecule has 0 aliphatic carbocycles. The summed E-state index contributed by atoms with van der Waals surface area (Å²) in [5.74, 6) is 1.03. The van der Waals surface area contributed by atoms with Crippen molar-refractivity contribution in [1.82, 2.24) is 4.98 Å². The molecule has 5 heteroatoms. The highest BCUT2D eigenvalue weighted by Crippen LogP contribution is 2.48. The second kappa shape index (κ2) is 6.88. The van der Waals surface area contributed by atoms with Gasteiger partial charge in [0.25, 0.3) is 0 Å². The van der Waals surface area contributed by atoms with E-state index in [0.717, 1.165) is 40.4 Å². The topological polar surface area (TPSA) is 32.4 Å². The highest BCUT2D eigenvalue weighted by Gasteiger charge is 2.50. The summed E-state index contributed by atoms with van der Waals surface area (Å²) < 4.78 is 14.4. The maximum atomic E-state index is 14.4. The molecule has 0 saturated heterocycles. The van der Waals surface area contributed by atoms with Gasteiger partial charge in [0.1, 0.15) is 5.82 Å². The minimum absolute atomic E-state index is 0.171. The SMILES string of the molecule is Fc1ccc2c(c1)[C@@]1(CCS2)[NH2+]C[C@@H](c2ccccc2Cl)c2c1[nH]c1ccccc21. The molecule has 30 heavy (non-hydrogen) atoms. The Kier molecular flexibility index (Phi) is 4.24. The van der Waals surface area contributed by atoms with E-state index in [0.29, 0.717) is 0 Å². The van der Waals surface area contributed by atoms with Gasteiger partial charge in [0.05, 0.1) is 18.2 Å². The maximum Gasteiger partial charge on any atom is 0.164 e. The first-order valence-electron chi connectivity index (χ1n) is 10.3. The zero-order chi connectivity index (χ0) is 20.3. The highest BCUT2D eigenvalue weighted by molar-refractivity contribution is 7.99. The van der Waals surface area contributed by atoms with Crippen LogP contribution in [0.3, 0.4) is 0 Å². The van der Waals surface area contributed by atoms with Crippen molar-refractivity contribution in [3.8, 4) is 0 Å². The second-order valence-electron chi connectivity index (χ2n) is 8.18. The highest BCUT2D eigenvalue weighted by atomic mass is 35.5. The fraction of sp³-hybridized carbons (Fsp3) is 0.200. The molecule has 0 bridgehead atoms. The number of nitrogens with two attached hydrogens (primary N) is 1. The number of aromatic nitrogens is 1. The van der Waals surface area contributed by atoms with Crippen molar-refractivity contribution in [3.63, 3.8) is 0 Å². The summed E-state index contributed by atoms with van der Waals surface area (Å²) in [6.07, 6.45) is 0.961. The van der Waals surface area contributed by atoms with Crippen LogP contribution in [0.25, 0.3) is 10.9 Å². The van der Waals surface area contributed by atoms with Crippen molar-refractivity contribution in [3.05, 3.63) is 100.0 Å². The molecule has 0 radical (unpaired) electrons. The molecule has 2 aliphatic heterocycles. The molecule has 2 nitrogen and oxygen atoms in total. The Morgan fingerprint density at radius 2 is 1.90 bits per heavy atom. The monoisotopic (exact) mass is 435 g/mol. The van der Waals surface area contributed by atoms with Gasteiger partial charge < -0.3 is 10.3 Å². The summed E-state index contributed by atoms with van der Waals surface area (Å²) in [6.45, 7) is 0.874. The molecular weight excluding hydrogens is 415 g/mol. The Bertz CT molecular complexity index is 1280. The third-order valence-corrected chi connectivity index (χ3v) is 8.12. The molecule has 6 rings (SSSR count). The van der Waals surface area contributed by atoms with Gasteiger partial charge >= 0.3 is 0 Å². The van der Waals surface area contributed by atoms with Gasteiger partial charge in [-0.1, -0.05) is 48.0 Å². The standard InChI is InChI=1S/C25H20ClFN2S/c26-20-7-3-1-5-16(20)18-14-28-25(11-12-30-22-10-9-15(27)13-19(22)25)24-23(18)17-6-2-4-8-21(17)29-24/h1-10,13,18,28-29H,11-12,14H2/p+1/t18-,25+/m0/s1. The average molecular weight is 436 g/mol. The third kappa shape index (κ3) is 2.60. The summed E-state index contributed by atoms with van der Waals surface area (Å²) >= 11 is 8.47. The van der Waals surface area contributed by atoms with E-state index in [1.54, 1.807) is 12.1 Å². The van der Waals surface area contributed by atoms with E-state index >= 15 is 0 Å². The summed E-state index contributed by atoms with van der Waals surface area (Å²) in [5.41, 5.74) is 5.58. The van der Waals surface area contributed by atoms with E-state index in [2.05, 4.69) is 46.7 Å². The number of thioether (sulfide) groups is 1. The molecule has 0 saturated carbocycles. The van der Waals surface area contributed by atoms with E-state index in [1.165, 1.54) is 21.5 Å². The predicted octanol–water partition coefficient (Wildman–Crippen LogP) is 5.41. The minimum Gasteiger partial charge on any atom is -0.353 e. The Morgan fingerprint density at radius 3 is 2.80 bits per heavy atom. The quantitative estimate of drug-likeness (QED) is 0.411. The number of hydrogen-bond donors (Lipinski definition) is 2. The largest absolute Gasteiger partial charge is 0.353 e. The minimum atomic E-state index is -0.297. The lowest BCUT2D eigenvalue weighted by Gasteiger charge is -2.41. The molecule has 2 aliphatic rings. The fourth-order valence-electron chi connectivity index (χ4n) is 5.36. The molecule has 0 amide bonds. The van der Waals surface area contributed by atoms with Crippen LogP contribution < -0.4 is 5.32 Å². The second-order valence-corrected chi connectivity index (χ2v) is 9.73. The van der Waals surface area contributed by atoms with Gasteiger partial charge in [-0.3, -0.25) is 0 Å². The first-order valence-corrected chi connectivity index (χ1v) is 11.7. The van der Waals surface area contributed by atoms with Crippen LogP contribution in [0.1, 0.15) is 34.7 Å². The molecule has 1 aromatic heterocycles. The fourth-order valence-corrected chi connectivity index (χ4v) is 6.83. The number of nitrogens with one attached hydrogen (secondary N) is 1. The van der Waals surface area contributed by atoms with Gasteiger partial charge in [-0.05, 0) is 35.9 Å². The van der Waals surface area contributed by atoms with Crippen molar-refractivity contribution in [1.29, 1.82) is 0 Å². The van der Waals surface area contributed by atoms with Crippen LogP contribution >= 0.6 is 23.4 Å². The smallest absolute Gasteiger partial charge is 0.164 e. The van der Waals surface area contributed by atoms with Crippen LogP contribution in [0.5, 0.6) is 0 Å². The Balaban J connectivity index is 1.65. The molecule has 1 spiro atoms. The number of para-hydroxylation sites is 1. The van der Waals surface area contributed by atoms with Crippen molar-refractivity contribution in [2.45, 2.75) is 22.8 Å². The van der Waals surface area contributed by atoms with E-state index in [4.69, 9.17) is 11.6 Å². The third-order valence-electron chi connectivity index (χ3n) is 6.70. The molecule has 3 N–H and O–H groups in total. The normalized spacial score (nSPS) is 22.8. The molecule has 0 fully saturated rings. The number of quaternary nitrogens is 1. The molecular formula is C25H21ClFN2S+. The lowest BCUT2D eigenvalue weighted by atomic mass is 9.74. The van der Waals surface area contributed by atoms with Crippen LogP contribution in [-0.2, 0) is 5.54 Å². The molecule has 2 atom stereocenters. The maximum absolute atomic E-state index is 14.4. The van der Waals surface area contributed by atoms with Gasteiger partial charge in [0.15, 0.2) is 5.54 Å². The first kappa shape index (κ1) is 18.5. The number of rotatable bonds is 1. The van der Waals surface area contributed by atoms with Crippen LogP contribution in [0.15, 0.2) is 71.6 Å². The number of H-pyrrole nitrogens is 1. The number of benzene rings is 3. The summed E-state index contributed by atoms with van der Waals surface area (Å²) in [7, 11) is 0. The Hall–Kier alpha value is -2.27.